The van der Waals surface area contributed by atoms with Gasteiger partial charge in [-0.15, -0.1) is 0 Å². The monoisotopic (exact) mass is 193 g/mol. The maximum atomic E-state index is 13.4. The minimum absolute atomic E-state index is 0.234. The number of aryl methyl sites for hydroxylation is 2. The Morgan fingerprint density at radius 1 is 1.36 bits per heavy atom. The molecule has 3 heteroatoms. The molecular weight excluding hydrogens is 181 g/mol. The van der Waals surface area contributed by atoms with Crippen molar-refractivity contribution < 1.29 is 9.18 Å². The topological polar surface area (TPSA) is 29.1 Å². The summed E-state index contributed by atoms with van der Waals surface area (Å²) in [4.78, 5) is 10.8. The number of halogens is 1. The van der Waals surface area contributed by atoms with E-state index in [4.69, 9.17) is 0 Å². The minimum atomic E-state index is -0.333. The molecule has 1 N–H and O–H groups in total. The highest BCUT2D eigenvalue weighted by Crippen LogP contribution is 2.27. The van der Waals surface area contributed by atoms with E-state index in [2.05, 4.69) is 5.32 Å². The molecule has 2 nitrogen and oxygen atoms in total. The van der Waals surface area contributed by atoms with Gasteiger partial charge in [0.2, 0.25) is 5.91 Å². The van der Waals surface area contributed by atoms with Gasteiger partial charge in [0, 0.05) is 6.92 Å². The Labute approximate surface area is 82.1 Å². The van der Waals surface area contributed by atoms with Gasteiger partial charge < -0.3 is 5.32 Å². The van der Waals surface area contributed by atoms with Crippen molar-refractivity contribution in [3.8, 4) is 0 Å². The second kappa shape index (κ2) is 3.40. The number of rotatable bonds is 1. The van der Waals surface area contributed by atoms with Crippen LogP contribution < -0.4 is 5.32 Å². The number of hydrogen-bond donors (Lipinski definition) is 1. The van der Waals surface area contributed by atoms with Crippen LogP contribution in [0.4, 0.5) is 10.1 Å². The predicted molar refractivity (Wildman–Crippen MR) is 52.7 cm³/mol. The van der Waals surface area contributed by atoms with Gasteiger partial charge in [0.05, 0.1) is 5.69 Å². The standard InChI is InChI=1S/C11H12FNO/c1-7(14)13-11-6-9-4-2-3-8(9)5-10(11)12/h5-6H,2-4H2,1H3,(H,13,14). The zero-order valence-corrected chi connectivity index (χ0v) is 8.06. The van der Waals surface area contributed by atoms with Gasteiger partial charge in [-0.3, -0.25) is 4.79 Å². The molecule has 0 heterocycles. The maximum absolute atomic E-state index is 13.4. The zero-order valence-electron chi connectivity index (χ0n) is 8.06. The Kier molecular flexibility index (Phi) is 2.23. The van der Waals surface area contributed by atoms with Gasteiger partial charge >= 0.3 is 0 Å². The molecular formula is C11H12FNO. The van der Waals surface area contributed by atoms with E-state index in [1.165, 1.54) is 13.0 Å². The van der Waals surface area contributed by atoms with E-state index in [9.17, 15) is 9.18 Å². The van der Waals surface area contributed by atoms with Crippen LogP contribution in [0, 0.1) is 5.82 Å². The summed E-state index contributed by atoms with van der Waals surface area (Å²) in [7, 11) is 0. The lowest BCUT2D eigenvalue weighted by Gasteiger charge is -2.06. The van der Waals surface area contributed by atoms with Gasteiger partial charge in [-0.1, -0.05) is 0 Å². The van der Waals surface area contributed by atoms with E-state index in [0.29, 0.717) is 5.69 Å². The van der Waals surface area contributed by atoms with Gasteiger partial charge in [-0.25, -0.2) is 4.39 Å². The van der Waals surface area contributed by atoms with Crippen LogP contribution in [-0.2, 0) is 17.6 Å². The van der Waals surface area contributed by atoms with Crippen molar-refractivity contribution in [1.82, 2.24) is 0 Å². The summed E-state index contributed by atoms with van der Waals surface area (Å²) in [5.74, 6) is -0.567. The van der Waals surface area contributed by atoms with Gasteiger partial charge in [-0.05, 0) is 42.5 Å². The van der Waals surface area contributed by atoms with Crippen molar-refractivity contribution in [2.45, 2.75) is 26.2 Å². The number of fused-ring (bicyclic) bond motifs is 1. The van der Waals surface area contributed by atoms with Crippen LogP contribution in [0.25, 0.3) is 0 Å². The second-order valence-corrected chi connectivity index (χ2v) is 3.64. The lowest BCUT2D eigenvalue weighted by Crippen LogP contribution is -2.08. The molecule has 0 spiro atoms. The Morgan fingerprint density at radius 2 is 2.00 bits per heavy atom. The van der Waals surface area contributed by atoms with Crippen LogP contribution >= 0.6 is 0 Å². The number of benzene rings is 1. The number of hydrogen-bond acceptors (Lipinski definition) is 1. The van der Waals surface area contributed by atoms with E-state index in [0.717, 1.165) is 30.4 Å². The van der Waals surface area contributed by atoms with E-state index in [1.54, 1.807) is 6.07 Å². The van der Waals surface area contributed by atoms with Gasteiger partial charge in [-0.2, -0.15) is 0 Å². The Balaban J connectivity index is 2.37. The Morgan fingerprint density at radius 3 is 2.64 bits per heavy atom. The summed E-state index contributed by atoms with van der Waals surface area (Å²) < 4.78 is 13.4. The molecule has 0 saturated carbocycles. The highest BCUT2D eigenvalue weighted by molar-refractivity contribution is 5.89. The van der Waals surface area contributed by atoms with Crippen LogP contribution in [0.15, 0.2) is 12.1 Å². The Hall–Kier alpha value is -1.38. The lowest BCUT2D eigenvalue weighted by atomic mass is 10.1. The van der Waals surface area contributed by atoms with E-state index in [1.807, 2.05) is 0 Å². The fourth-order valence-corrected chi connectivity index (χ4v) is 1.88. The molecule has 2 rings (SSSR count). The highest BCUT2D eigenvalue weighted by Gasteiger charge is 2.14. The first-order valence-electron chi connectivity index (χ1n) is 4.75. The van der Waals surface area contributed by atoms with Crippen molar-refractivity contribution in [2.75, 3.05) is 5.32 Å². The number of carbonyl (C=O) groups is 1. The minimum Gasteiger partial charge on any atom is -0.324 e. The lowest BCUT2D eigenvalue weighted by molar-refractivity contribution is -0.114. The summed E-state index contributed by atoms with van der Waals surface area (Å²) in [5, 5.41) is 2.49. The zero-order chi connectivity index (χ0) is 10.1. The maximum Gasteiger partial charge on any atom is 0.221 e. The summed E-state index contributed by atoms with van der Waals surface area (Å²) in [6.45, 7) is 1.38. The van der Waals surface area contributed by atoms with Crippen molar-refractivity contribution in [3.63, 3.8) is 0 Å². The van der Waals surface area contributed by atoms with E-state index < -0.39 is 0 Å². The largest absolute Gasteiger partial charge is 0.324 e. The molecule has 1 aliphatic rings. The van der Waals surface area contributed by atoms with Crippen LogP contribution in [0.1, 0.15) is 24.5 Å². The average Bonchev–Trinajstić information content (AvgIpc) is 2.51. The molecule has 0 atom stereocenters. The third kappa shape index (κ3) is 1.62. The Bertz CT molecular complexity index is 387. The number of carbonyl (C=O) groups excluding carboxylic acids is 1. The van der Waals surface area contributed by atoms with Gasteiger partial charge in [0.15, 0.2) is 0 Å². The van der Waals surface area contributed by atoms with Crippen LogP contribution in [0.2, 0.25) is 0 Å². The van der Waals surface area contributed by atoms with Crippen molar-refractivity contribution in [1.29, 1.82) is 0 Å². The van der Waals surface area contributed by atoms with E-state index in [-0.39, 0.29) is 11.7 Å². The van der Waals surface area contributed by atoms with E-state index >= 15 is 0 Å². The highest BCUT2D eigenvalue weighted by atomic mass is 19.1. The SMILES string of the molecule is CC(=O)Nc1cc2c(cc1F)CCC2. The predicted octanol–water partition coefficient (Wildman–Crippen LogP) is 2.27. The first kappa shape index (κ1) is 9.19. The molecule has 0 bridgehead atoms. The van der Waals surface area contributed by atoms with Crippen LogP contribution in [0.3, 0.4) is 0 Å². The summed E-state index contributed by atoms with van der Waals surface area (Å²) in [6, 6.07) is 3.28. The fourth-order valence-electron chi connectivity index (χ4n) is 1.88. The normalized spacial score (nSPS) is 13.9. The number of amides is 1. The average molecular weight is 193 g/mol. The third-order valence-corrected chi connectivity index (χ3v) is 2.49. The molecule has 1 aromatic rings. The number of nitrogens with one attached hydrogen (secondary N) is 1. The molecule has 0 radical (unpaired) electrons. The molecule has 0 unspecified atom stereocenters. The first-order chi connectivity index (χ1) is 6.66. The quantitative estimate of drug-likeness (QED) is 0.728. The summed E-state index contributed by atoms with van der Waals surface area (Å²) in [6.07, 6.45) is 3.02. The molecule has 74 valence electrons. The summed E-state index contributed by atoms with van der Waals surface area (Å²) >= 11 is 0. The third-order valence-electron chi connectivity index (χ3n) is 2.49. The molecule has 0 aromatic heterocycles. The number of anilines is 1. The molecule has 1 aromatic carbocycles. The summed E-state index contributed by atoms with van der Waals surface area (Å²) in [5.41, 5.74) is 2.55. The smallest absolute Gasteiger partial charge is 0.221 e. The molecule has 1 aliphatic carbocycles. The van der Waals surface area contributed by atoms with Crippen molar-refractivity contribution in [3.05, 3.63) is 29.1 Å². The fraction of sp³-hybridized carbons (Fsp3) is 0.364. The molecule has 0 fully saturated rings. The van der Waals surface area contributed by atoms with Crippen molar-refractivity contribution >= 4 is 11.6 Å². The second-order valence-electron chi connectivity index (χ2n) is 3.64. The van der Waals surface area contributed by atoms with Crippen LogP contribution in [-0.4, -0.2) is 5.91 Å². The molecule has 1 amide bonds. The van der Waals surface area contributed by atoms with Crippen molar-refractivity contribution in [2.24, 2.45) is 0 Å². The molecule has 0 aliphatic heterocycles. The molecule has 14 heavy (non-hydrogen) atoms. The first-order valence-corrected chi connectivity index (χ1v) is 4.75. The molecule has 0 saturated heterocycles. The van der Waals surface area contributed by atoms with Crippen LogP contribution in [0.5, 0.6) is 0 Å². The van der Waals surface area contributed by atoms with Gasteiger partial charge in [0.25, 0.3) is 0 Å². The van der Waals surface area contributed by atoms with Gasteiger partial charge in [0.1, 0.15) is 5.82 Å².